The van der Waals surface area contributed by atoms with E-state index in [1.165, 1.54) is 0 Å². The van der Waals surface area contributed by atoms with E-state index < -0.39 is 59.2 Å². The lowest BCUT2D eigenvalue weighted by Crippen LogP contribution is -2.63. The number of nitrogens with two attached hydrogens (primary N) is 1. The Morgan fingerprint density at radius 3 is 2.21 bits per heavy atom. The second-order valence-electron chi connectivity index (χ2n) is 16.7. The molecule has 42 heavy (non-hydrogen) atoms. The Morgan fingerprint density at radius 2 is 1.64 bits per heavy atom. The molecule has 12 heteroatoms. The number of ether oxygens (including phenoxy) is 1. The van der Waals surface area contributed by atoms with E-state index in [9.17, 15) is 20.0 Å². The first-order chi connectivity index (χ1) is 19.1. The van der Waals surface area contributed by atoms with E-state index in [1.54, 1.807) is 32.9 Å². The maximum Gasteiger partial charge on any atom is 0.444 e. The van der Waals surface area contributed by atoms with Crippen molar-refractivity contribution >= 4 is 7.75 Å². The van der Waals surface area contributed by atoms with Gasteiger partial charge < -0.3 is 20.2 Å². The molecule has 6 N–H and O–H groups in total. The molecule has 0 bridgehead atoms. The van der Waals surface area contributed by atoms with Crippen LogP contribution in [0, 0.1) is 44.8 Å². The Hall–Kier alpha value is -0.230. The summed E-state index contributed by atoms with van der Waals surface area (Å²) in [6.07, 6.45) is 3.03. The zero-order valence-corrected chi connectivity index (χ0v) is 27.0. The average molecular weight is 621 g/mol. The van der Waals surface area contributed by atoms with Gasteiger partial charge in [0.25, 0.3) is 5.92 Å². The van der Waals surface area contributed by atoms with E-state index in [-0.39, 0.29) is 35.2 Å². The summed E-state index contributed by atoms with van der Waals surface area (Å²) >= 11 is 0. The number of rotatable bonds is 6. The van der Waals surface area contributed by atoms with E-state index in [4.69, 9.17) is 15.2 Å². The molecule has 0 aromatic heterocycles. The van der Waals surface area contributed by atoms with E-state index in [1.807, 2.05) is 0 Å². The molecule has 6 fully saturated rings. The molecule has 6 rings (SSSR count). The molecule has 12 atom stereocenters. The van der Waals surface area contributed by atoms with Crippen molar-refractivity contribution < 1.29 is 42.7 Å². The fraction of sp³-hybridized carbons (Fsp3) is 1.00. The molecule has 0 amide bonds. The van der Waals surface area contributed by atoms with Crippen LogP contribution in [0.2, 0.25) is 0 Å². The molecule has 0 aromatic carbocycles. The van der Waals surface area contributed by atoms with Crippen molar-refractivity contribution in [3.05, 3.63) is 0 Å². The summed E-state index contributed by atoms with van der Waals surface area (Å²) in [4.78, 5) is 0. The summed E-state index contributed by atoms with van der Waals surface area (Å²) < 4.78 is 61.5. The number of hydrogen-bond acceptors (Lipinski definition) is 8. The number of aliphatic hydroxyl groups excluding tert-OH is 1. The first-order valence-electron chi connectivity index (χ1n) is 15.7. The van der Waals surface area contributed by atoms with E-state index >= 15 is 8.78 Å². The van der Waals surface area contributed by atoms with E-state index in [2.05, 4.69) is 25.4 Å². The third-order valence-corrected chi connectivity index (χ3v) is 15.4. The summed E-state index contributed by atoms with van der Waals surface area (Å²) in [7, 11) is -4.37. The summed E-state index contributed by atoms with van der Waals surface area (Å²) in [6, 6.07) is 0. The van der Waals surface area contributed by atoms with Crippen molar-refractivity contribution in [3.8, 4) is 0 Å². The van der Waals surface area contributed by atoms with Crippen molar-refractivity contribution in [1.29, 1.82) is 0 Å². The van der Waals surface area contributed by atoms with E-state index in [0.29, 0.717) is 25.7 Å². The van der Waals surface area contributed by atoms with Crippen molar-refractivity contribution in [1.82, 2.24) is 5.25 Å². The average Bonchev–Trinajstić information content (AvgIpc) is 3.25. The standard InChI is InChI=1S/C30H51F2N2O7P/c1-23(2)22-18(40-42(38,34-37)41-33)14-19-26(6)15-17(35)21(27(7)9-8-20(39-27)24(3,4)36)25(26,5)10-11-28(19)16-29(22,28)12-13-30(23,31)32/h17-22,35-37H,8-16,33H2,1-7H3,(H,34,38)/t17-,18-,19-,20-,21-,22-,25+,26-,27-,28-,29+,42?/m0/s1. The van der Waals surface area contributed by atoms with Gasteiger partial charge in [-0.05, 0) is 99.7 Å². The molecule has 0 aromatic rings. The SMILES string of the molecule is CC(C)(O)[C@@H]1CC[C@@](C)([C@H]2[C@@H](O)C[C@@]3(C)[C@@H]4C[C@H](OP(=O)(NO)ON)[C@H]5C(C)(C)C(F)(F)CC[C@@]56C[C@@]46CC[C@]23C)O1. The number of hydrogen-bond donors (Lipinski definition) is 5. The highest BCUT2D eigenvalue weighted by molar-refractivity contribution is 7.51. The highest BCUT2D eigenvalue weighted by Gasteiger charge is 2.86. The van der Waals surface area contributed by atoms with Crippen LogP contribution in [0.1, 0.15) is 106 Å². The molecular weight excluding hydrogens is 569 g/mol. The Balaban J connectivity index is 1.42. The largest absolute Gasteiger partial charge is 0.444 e. The second kappa shape index (κ2) is 8.97. The van der Waals surface area contributed by atoms with Gasteiger partial charge in [0.1, 0.15) is 0 Å². The van der Waals surface area contributed by atoms with Gasteiger partial charge in [-0.1, -0.05) is 27.7 Å². The van der Waals surface area contributed by atoms with Crippen molar-refractivity contribution in [2.45, 2.75) is 142 Å². The number of nitrogens with one attached hydrogen (secondary N) is 1. The highest BCUT2D eigenvalue weighted by Crippen LogP contribution is 2.90. The van der Waals surface area contributed by atoms with Gasteiger partial charge in [0.2, 0.25) is 0 Å². The van der Waals surface area contributed by atoms with Gasteiger partial charge in [-0.15, -0.1) is 5.25 Å². The lowest BCUT2D eigenvalue weighted by Gasteiger charge is -2.65. The van der Waals surface area contributed by atoms with Crippen molar-refractivity contribution in [2.24, 2.45) is 50.7 Å². The zero-order chi connectivity index (χ0) is 31.2. The zero-order valence-electron chi connectivity index (χ0n) is 26.1. The minimum Gasteiger partial charge on any atom is -0.393 e. The normalized spacial score (nSPS) is 53.8. The monoisotopic (exact) mass is 620 g/mol. The lowest BCUT2D eigenvalue weighted by atomic mass is 9.41. The molecule has 1 unspecified atom stereocenters. The van der Waals surface area contributed by atoms with Gasteiger partial charge in [-0.2, -0.15) is 0 Å². The van der Waals surface area contributed by atoms with Gasteiger partial charge in [0.05, 0.1) is 29.5 Å². The van der Waals surface area contributed by atoms with Crippen molar-refractivity contribution in [3.63, 3.8) is 0 Å². The van der Waals surface area contributed by atoms with Gasteiger partial charge in [0, 0.05) is 23.7 Å². The molecule has 9 nitrogen and oxygen atoms in total. The summed E-state index contributed by atoms with van der Waals surface area (Å²) in [5.74, 6) is 1.50. The summed E-state index contributed by atoms with van der Waals surface area (Å²) in [5.41, 5.74) is -4.44. The molecular formula is C30H51F2N2O7P. The first kappa shape index (κ1) is 31.7. The minimum absolute atomic E-state index is 0.00725. The predicted molar refractivity (Wildman–Crippen MR) is 150 cm³/mol. The first-order valence-corrected chi connectivity index (χ1v) is 17.2. The Bertz CT molecular complexity index is 1180. The maximum absolute atomic E-state index is 15.6. The molecule has 1 aliphatic heterocycles. The van der Waals surface area contributed by atoms with Crippen LogP contribution >= 0.6 is 7.75 Å². The van der Waals surface area contributed by atoms with Crippen LogP contribution in [0.25, 0.3) is 0 Å². The van der Waals surface area contributed by atoms with Crippen LogP contribution in [0.5, 0.6) is 0 Å². The Morgan fingerprint density at radius 1 is 1.00 bits per heavy atom. The molecule has 5 saturated carbocycles. The number of alkyl halides is 2. The van der Waals surface area contributed by atoms with Crippen LogP contribution in [-0.2, 0) is 18.5 Å². The third-order valence-electron chi connectivity index (χ3n) is 14.4. The minimum atomic E-state index is -4.37. The molecule has 242 valence electrons. The highest BCUT2D eigenvalue weighted by atomic mass is 31.2. The van der Waals surface area contributed by atoms with Crippen LogP contribution in [0.3, 0.4) is 0 Å². The number of fused-ring (bicyclic) bond motifs is 2. The van der Waals surface area contributed by atoms with Crippen LogP contribution in [-0.4, -0.2) is 50.9 Å². The number of halogens is 2. The summed E-state index contributed by atoms with van der Waals surface area (Å²) in [5, 5.41) is 33.8. The van der Waals surface area contributed by atoms with Crippen LogP contribution in [0.15, 0.2) is 0 Å². The molecule has 6 aliphatic rings. The quantitative estimate of drug-likeness (QED) is 0.186. The summed E-state index contributed by atoms with van der Waals surface area (Å²) in [6.45, 7) is 13.3. The lowest BCUT2D eigenvalue weighted by molar-refractivity contribution is -0.244. The molecule has 0 radical (unpaired) electrons. The van der Waals surface area contributed by atoms with Gasteiger partial charge in [0.15, 0.2) is 0 Å². The Labute approximate surface area is 248 Å². The van der Waals surface area contributed by atoms with Gasteiger partial charge in [-0.25, -0.2) is 23.9 Å². The number of aliphatic hydroxyl groups is 2. The Kier molecular flexibility index (Phi) is 6.78. The second-order valence-corrected chi connectivity index (χ2v) is 18.3. The third kappa shape index (κ3) is 3.78. The van der Waals surface area contributed by atoms with Crippen molar-refractivity contribution in [2.75, 3.05) is 0 Å². The molecule has 5 aliphatic carbocycles. The molecule has 2 spiro atoms. The van der Waals surface area contributed by atoms with Gasteiger partial charge >= 0.3 is 7.75 Å². The predicted octanol–water partition coefficient (Wildman–Crippen LogP) is 5.71. The van der Waals surface area contributed by atoms with Crippen LogP contribution in [0.4, 0.5) is 8.78 Å². The van der Waals surface area contributed by atoms with Gasteiger partial charge in [-0.3, -0.25) is 4.52 Å². The molecule has 1 heterocycles. The van der Waals surface area contributed by atoms with Crippen LogP contribution < -0.4 is 11.1 Å². The maximum atomic E-state index is 15.6. The smallest absolute Gasteiger partial charge is 0.393 e. The fourth-order valence-corrected chi connectivity index (χ4v) is 13.1. The fourth-order valence-electron chi connectivity index (χ4n) is 12.4. The molecule has 1 saturated heterocycles. The van der Waals surface area contributed by atoms with E-state index in [0.717, 1.165) is 25.7 Å². The topological polar surface area (TPSA) is 144 Å².